The van der Waals surface area contributed by atoms with Crippen molar-refractivity contribution in [3.63, 3.8) is 0 Å². The molecule has 0 saturated carbocycles. The average Bonchev–Trinajstić information content (AvgIpc) is 3.05. The van der Waals surface area contributed by atoms with E-state index in [-0.39, 0.29) is 11.9 Å². The summed E-state index contributed by atoms with van der Waals surface area (Å²) in [5.74, 6) is -0.103. The van der Waals surface area contributed by atoms with Crippen molar-refractivity contribution in [2.45, 2.75) is 39.3 Å². The van der Waals surface area contributed by atoms with Crippen molar-refractivity contribution in [2.75, 3.05) is 31.6 Å². The molecule has 6 nitrogen and oxygen atoms in total. The molecule has 0 atom stereocenters. The highest BCUT2D eigenvalue weighted by molar-refractivity contribution is 5.94. The van der Waals surface area contributed by atoms with Crippen molar-refractivity contribution in [3.05, 3.63) is 47.3 Å². The van der Waals surface area contributed by atoms with E-state index in [9.17, 15) is 4.79 Å². The number of carbonyl (C=O) groups excluding carboxylic acids is 1. The van der Waals surface area contributed by atoms with Gasteiger partial charge in [0.2, 0.25) is 0 Å². The van der Waals surface area contributed by atoms with E-state index >= 15 is 0 Å². The Morgan fingerprint density at radius 3 is 2.85 bits per heavy atom. The van der Waals surface area contributed by atoms with Crippen molar-refractivity contribution < 1.29 is 9.53 Å². The summed E-state index contributed by atoms with van der Waals surface area (Å²) in [5.41, 5.74) is 3.79. The monoisotopic (exact) mass is 356 g/mol. The smallest absolute Gasteiger partial charge is 0.272 e. The molecule has 3 rings (SSSR count). The van der Waals surface area contributed by atoms with Gasteiger partial charge in [-0.05, 0) is 32.4 Å². The molecule has 1 aromatic carbocycles. The molecule has 0 saturated heterocycles. The van der Waals surface area contributed by atoms with Crippen LogP contribution < -0.4 is 10.2 Å². The van der Waals surface area contributed by atoms with Crippen molar-refractivity contribution in [3.8, 4) is 0 Å². The maximum atomic E-state index is 12.6. The van der Waals surface area contributed by atoms with Gasteiger partial charge in [-0.1, -0.05) is 18.2 Å². The highest BCUT2D eigenvalue weighted by atomic mass is 16.5. The van der Waals surface area contributed by atoms with Gasteiger partial charge in [0.15, 0.2) is 5.69 Å². The third kappa shape index (κ3) is 4.07. The number of rotatable bonds is 7. The minimum absolute atomic E-state index is 0.103. The second-order valence-corrected chi connectivity index (χ2v) is 6.98. The number of ether oxygens (including phenoxy) is 1. The molecular weight excluding hydrogens is 328 g/mol. The van der Waals surface area contributed by atoms with Crippen molar-refractivity contribution in [2.24, 2.45) is 0 Å². The summed E-state index contributed by atoms with van der Waals surface area (Å²) in [6.07, 6.45) is 1.69. The zero-order valence-electron chi connectivity index (χ0n) is 15.9. The molecule has 6 heteroatoms. The molecule has 0 aliphatic carbocycles. The summed E-state index contributed by atoms with van der Waals surface area (Å²) in [4.78, 5) is 14.8. The van der Waals surface area contributed by atoms with Gasteiger partial charge >= 0.3 is 0 Å². The molecule has 0 bridgehead atoms. The Morgan fingerprint density at radius 1 is 1.35 bits per heavy atom. The summed E-state index contributed by atoms with van der Waals surface area (Å²) < 4.78 is 7.51. The fourth-order valence-corrected chi connectivity index (χ4v) is 3.29. The first-order valence-electron chi connectivity index (χ1n) is 9.30. The van der Waals surface area contributed by atoms with Gasteiger partial charge in [0, 0.05) is 49.5 Å². The highest BCUT2D eigenvalue weighted by Gasteiger charge is 2.26. The Labute approximate surface area is 155 Å². The fraction of sp³-hybridized carbons (Fsp3) is 0.500. The molecule has 2 aromatic rings. The average molecular weight is 356 g/mol. The molecule has 1 aromatic heterocycles. The van der Waals surface area contributed by atoms with Gasteiger partial charge in [-0.3, -0.25) is 9.48 Å². The SMILES string of the molecule is CC(C)n1nc(C(=O)NCCCN(C)c2ccccc2)c2c1CCOC2. The van der Waals surface area contributed by atoms with E-state index in [2.05, 4.69) is 48.3 Å². The van der Waals surface area contributed by atoms with Crippen LogP contribution in [0.2, 0.25) is 0 Å². The predicted molar refractivity (Wildman–Crippen MR) is 103 cm³/mol. The van der Waals surface area contributed by atoms with Gasteiger partial charge in [0.1, 0.15) is 0 Å². The minimum atomic E-state index is -0.103. The quantitative estimate of drug-likeness (QED) is 0.775. The third-order valence-corrected chi connectivity index (χ3v) is 4.71. The molecule has 26 heavy (non-hydrogen) atoms. The number of amides is 1. The van der Waals surface area contributed by atoms with E-state index < -0.39 is 0 Å². The lowest BCUT2D eigenvalue weighted by atomic mass is 10.1. The maximum Gasteiger partial charge on any atom is 0.272 e. The summed E-state index contributed by atoms with van der Waals surface area (Å²) in [5, 5.41) is 7.58. The van der Waals surface area contributed by atoms with Crippen LogP contribution in [0.4, 0.5) is 5.69 Å². The number of hydrogen-bond donors (Lipinski definition) is 1. The Bertz CT molecular complexity index is 740. The third-order valence-electron chi connectivity index (χ3n) is 4.71. The van der Waals surface area contributed by atoms with Crippen LogP contribution in [0, 0.1) is 0 Å². The second-order valence-electron chi connectivity index (χ2n) is 6.98. The van der Waals surface area contributed by atoms with Crippen LogP contribution in [0.25, 0.3) is 0 Å². The van der Waals surface area contributed by atoms with Crippen LogP contribution in [0.15, 0.2) is 30.3 Å². The number of nitrogens with zero attached hydrogens (tertiary/aromatic N) is 3. The second kappa shape index (κ2) is 8.36. The van der Waals surface area contributed by atoms with Crippen LogP contribution in [0.5, 0.6) is 0 Å². The molecule has 0 unspecified atom stereocenters. The molecule has 0 radical (unpaired) electrons. The lowest BCUT2D eigenvalue weighted by molar-refractivity contribution is 0.0924. The number of para-hydroxylation sites is 1. The highest BCUT2D eigenvalue weighted by Crippen LogP contribution is 2.23. The molecule has 1 amide bonds. The first-order valence-corrected chi connectivity index (χ1v) is 9.30. The normalized spacial score (nSPS) is 13.5. The Kier molecular flexibility index (Phi) is 5.93. The van der Waals surface area contributed by atoms with Crippen molar-refractivity contribution in [1.82, 2.24) is 15.1 Å². The van der Waals surface area contributed by atoms with Gasteiger partial charge < -0.3 is 15.0 Å². The van der Waals surface area contributed by atoms with Crippen molar-refractivity contribution in [1.29, 1.82) is 0 Å². The van der Waals surface area contributed by atoms with E-state index in [4.69, 9.17) is 4.74 Å². The van der Waals surface area contributed by atoms with Crippen LogP contribution >= 0.6 is 0 Å². The van der Waals surface area contributed by atoms with Gasteiger partial charge in [0.25, 0.3) is 5.91 Å². The number of anilines is 1. The van der Waals surface area contributed by atoms with Gasteiger partial charge in [0.05, 0.1) is 13.2 Å². The number of hydrogen-bond acceptors (Lipinski definition) is 4. The topological polar surface area (TPSA) is 59.4 Å². The van der Waals surface area contributed by atoms with E-state index in [0.717, 1.165) is 30.6 Å². The first-order chi connectivity index (χ1) is 12.6. The summed E-state index contributed by atoms with van der Waals surface area (Å²) >= 11 is 0. The molecule has 1 N–H and O–H groups in total. The lowest BCUT2D eigenvalue weighted by Gasteiger charge is -2.19. The van der Waals surface area contributed by atoms with Crippen LogP contribution in [-0.4, -0.2) is 42.4 Å². The zero-order chi connectivity index (χ0) is 18.5. The molecule has 0 spiro atoms. The lowest BCUT2D eigenvalue weighted by Crippen LogP contribution is -2.29. The maximum absolute atomic E-state index is 12.6. The standard InChI is InChI=1S/C20H28N4O2/c1-15(2)24-18-10-13-26-14-17(18)19(22-24)20(25)21-11-7-12-23(3)16-8-5-4-6-9-16/h4-6,8-9,15H,7,10-14H2,1-3H3,(H,21,25). The number of fused-ring (bicyclic) bond motifs is 1. The molecular formula is C20H28N4O2. The number of aromatic nitrogens is 2. The van der Waals surface area contributed by atoms with Gasteiger partial charge in [-0.2, -0.15) is 5.10 Å². The number of carbonyl (C=O) groups is 1. The fourth-order valence-electron chi connectivity index (χ4n) is 3.29. The first kappa shape index (κ1) is 18.5. The summed E-state index contributed by atoms with van der Waals surface area (Å²) in [6.45, 7) is 6.85. The van der Waals surface area contributed by atoms with Crippen LogP contribution in [-0.2, 0) is 17.8 Å². The van der Waals surface area contributed by atoms with Crippen LogP contribution in [0.1, 0.15) is 48.1 Å². The molecule has 0 fully saturated rings. The molecule has 2 heterocycles. The van der Waals surface area contributed by atoms with E-state index in [1.165, 1.54) is 5.69 Å². The van der Waals surface area contributed by atoms with Gasteiger partial charge in [-0.15, -0.1) is 0 Å². The Morgan fingerprint density at radius 2 is 2.12 bits per heavy atom. The van der Waals surface area contributed by atoms with E-state index in [1.807, 2.05) is 22.9 Å². The minimum Gasteiger partial charge on any atom is -0.376 e. The van der Waals surface area contributed by atoms with Crippen LogP contribution in [0.3, 0.4) is 0 Å². The summed E-state index contributed by atoms with van der Waals surface area (Å²) in [6, 6.07) is 10.5. The predicted octanol–water partition coefficient (Wildman–Crippen LogP) is 2.79. The molecule has 1 aliphatic heterocycles. The summed E-state index contributed by atoms with van der Waals surface area (Å²) in [7, 11) is 2.06. The van der Waals surface area contributed by atoms with E-state index in [0.29, 0.717) is 25.5 Å². The van der Waals surface area contributed by atoms with Crippen molar-refractivity contribution >= 4 is 11.6 Å². The van der Waals surface area contributed by atoms with E-state index in [1.54, 1.807) is 0 Å². The molecule has 1 aliphatic rings. The number of nitrogens with one attached hydrogen (secondary N) is 1. The molecule has 140 valence electrons. The van der Waals surface area contributed by atoms with Gasteiger partial charge in [-0.25, -0.2) is 0 Å². The Hall–Kier alpha value is -2.34. The largest absolute Gasteiger partial charge is 0.376 e. The number of benzene rings is 1. The Balaban J connectivity index is 1.55. The zero-order valence-corrected chi connectivity index (χ0v) is 15.9.